The Bertz CT molecular complexity index is 739. The molecular weight excluding hydrogens is 262 g/mol. The second-order valence-electron chi connectivity index (χ2n) is 5.01. The molecular formula is C13H17N3O4. The molecule has 0 saturated carbocycles. The van der Waals surface area contributed by atoms with E-state index >= 15 is 0 Å². The lowest BCUT2D eigenvalue weighted by Gasteiger charge is -2.16. The number of rotatable bonds is 3. The Morgan fingerprint density at radius 3 is 2.50 bits per heavy atom. The molecule has 1 unspecified atom stereocenters. The fraction of sp³-hybridized carbons (Fsp3) is 0.462. The van der Waals surface area contributed by atoms with Crippen LogP contribution in [0.4, 0.5) is 0 Å². The van der Waals surface area contributed by atoms with Crippen molar-refractivity contribution in [2.45, 2.75) is 39.7 Å². The van der Waals surface area contributed by atoms with Gasteiger partial charge < -0.3 is 9.52 Å². The second-order valence-corrected chi connectivity index (χ2v) is 5.01. The van der Waals surface area contributed by atoms with Crippen LogP contribution in [0, 0.1) is 6.92 Å². The van der Waals surface area contributed by atoms with Crippen LogP contribution in [0.2, 0.25) is 0 Å². The zero-order chi connectivity index (χ0) is 15.0. The Balaban J connectivity index is 2.65. The largest absolute Gasteiger partial charge is 0.494 e. The topological polar surface area (TPSA) is 101 Å². The van der Waals surface area contributed by atoms with Crippen molar-refractivity contribution in [3.63, 3.8) is 0 Å². The Morgan fingerprint density at radius 2 is 2.00 bits per heavy atom. The third-order valence-electron chi connectivity index (χ3n) is 3.11. The van der Waals surface area contributed by atoms with Gasteiger partial charge in [-0.15, -0.1) is 0 Å². The van der Waals surface area contributed by atoms with Gasteiger partial charge in [0.1, 0.15) is 11.8 Å². The maximum atomic E-state index is 11.9. The SMILES string of the molecule is Cc1cnc(C(C)n2c(O)c(C(C)C)c(=O)[nH]c2=O)o1. The van der Waals surface area contributed by atoms with Crippen LogP contribution in [0.15, 0.2) is 20.2 Å². The summed E-state index contributed by atoms with van der Waals surface area (Å²) in [6, 6.07) is -0.620. The molecule has 20 heavy (non-hydrogen) atoms. The van der Waals surface area contributed by atoms with E-state index in [0.717, 1.165) is 4.57 Å². The first-order chi connectivity index (χ1) is 9.32. The summed E-state index contributed by atoms with van der Waals surface area (Å²) in [5, 5.41) is 10.2. The molecule has 1 atom stereocenters. The highest BCUT2D eigenvalue weighted by atomic mass is 16.4. The van der Waals surface area contributed by atoms with E-state index in [1.165, 1.54) is 6.20 Å². The second kappa shape index (κ2) is 4.99. The molecule has 2 rings (SSSR count). The average Bonchev–Trinajstić information content (AvgIpc) is 2.74. The number of nitrogens with one attached hydrogen (secondary N) is 1. The number of H-pyrrole nitrogens is 1. The van der Waals surface area contributed by atoms with Gasteiger partial charge in [-0.05, 0) is 19.8 Å². The highest BCUT2D eigenvalue weighted by Gasteiger charge is 2.23. The van der Waals surface area contributed by atoms with E-state index in [-0.39, 0.29) is 17.4 Å². The first kappa shape index (κ1) is 14.1. The van der Waals surface area contributed by atoms with Crippen molar-refractivity contribution in [3.8, 4) is 5.88 Å². The van der Waals surface area contributed by atoms with E-state index < -0.39 is 17.3 Å². The summed E-state index contributed by atoms with van der Waals surface area (Å²) in [7, 11) is 0. The maximum absolute atomic E-state index is 11.9. The first-order valence-corrected chi connectivity index (χ1v) is 6.33. The molecule has 2 heterocycles. The summed E-state index contributed by atoms with van der Waals surface area (Å²) < 4.78 is 6.44. The van der Waals surface area contributed by atoms with Gasteiger partial charge in [-0.25, -0.2) is 9.78 Å². The minimum Gasteiger partial charge on any atom is -0.494 e. The van der Waals surface area contributed by atoms with E-state index in [9.17, 15) is 14.7 Å². The molecule has 0 aliphatic rings. The molecule has 0 saturated heterocycles. The fourth-order valence-corrected chi connectivity index (χ4v) is 2.11. The molecule has 7 heteroatoms. The Labute approximate surface area is 114 Å². The number of aromatic amines is 1. The molecule has 0 aliphatic heterocycles. The van der Waals surface area contributed by atoms with Gasteiger partial charge in [-0.1, -0.05) is 13.8 Å². The van der Waals surface area contributed by atoms with Gasteiger partial charge in [-0.3, -0.25) is 14.3 Å². The van der Waals surface area contributed by atoms with Crippen molar-refractivity contribution in [1.29, 1.82) is 0 Å². The van der Waals surface area contributed by atoms with Crippen LogP contribution < -0.4 is 11.2 Å². The number of nitrogens with zero attached hydrogens (tertiary/aromatic N) is 2. The molecule has 0 aliphatic carbocycles. The van der Waals surface area contributed by atoms with E-state index in [0.29, 0.717) is 11.7 Å². The highest BCUT2D eigenvalue weighted by molar-refractivity contribution is 5.27. The van der Waals surface area contributed by atoms with E-state index in [1.54, 1.807) is 27.7 Å². The zero-order valence-corrected chi connectivity index (χ0v) is 11.8. The summed E-state index contributed by atoms with van der Waals surface area (Å²) >= 11 is 0. The predicted octanol–water partition coefficient (Wildman–Crippen LogP) is 1.27. The summed E-state index contributed by atoms with van der Waals surface area (Å²) in [6.07, 6.45) is 1.53. The molecule has 0 spiro atoms. The molecule has 0 amide bonds. The van der Waals surface area contributed by atoms with Gasteiger partial charge in [0.05, 0.1) is 11.8 Å². The maximum Gasteiger partial charge on any atom is 0.331 e. The van der Waals surface area contributed by atoms with Crippen molar-refractivity contribution >= 4 is 0 Å². The van der Waals surface area contributed by atoms with Crippen molar-refractivity contribution in [3.05, 3.63) is 44.2 Å². The first-order valence-electron chi connectivity index (χ1n) is 6.33. The third kappa shape index (κ3) is 2.26. The van der Waals surface area contributed by atoms with Crippen LogP contribution in [0.1, 0.15) is 49.9 Å². The minimum absolute atomic E-state index is 0.166. The summed E-state index contributed by atoms with van der Waals surface area (Å²) in [4.78, 5) is 29.9. The monoisotopic (exact) mass is 279 g/mol. The van der Waals surface area contributed by atoms with Crippen molar-refractivity contribution < 1.29 is 9.52 Å². The van der Waals surface area contributed by atoms with Crippen molar-refractivity contribution in [1.82, 2.24) is 14.5 Å². The van der Waals surface area contributed by atoms with Gasteiger partial charge in [0.2, 0.25) is 11.8 Å². The third-order valence-corrected chi connectivity index (χ3v) is 3.11. The quantitative estimate of drug-likeness (QED) is 0.881. The molecule has 0 bridgehead atoms. The van der Waals surface area contributed by atoms with Crippen LogP contribution in [-0.2, 0) is 0 Å². The van der Waals surface area contributed by atoms with Crippen LogP contribution in [0.3, 0.4) is 0 Å². The Morgan fingerprint density at radius 1 is 1.35 bits per heavy atom. The van der Waals surface area contributed by atoms with Crippen molar-refractivity contribution in [2.75, 3.05) is 0 Å². The summed E-state index contributed by atoms with van der Waals surface area (Å²) in [6.45, 7) is 6.92. The summed E-state index contributed by atoms with van der Waals surface area (Å²) in [5.74, 6) is 0.329. The fourth-order valence-electron chi connectivity index (χ4n) is 2.11. The number of hydrogen-bond acceptors (Lipinski definition) is 5. The zero-order valence-electron chi connectivity index (χ0n) is 11.8. The van der Waals surface area contributed by atoms with Gasteiger partial charge >= 0.3 is 5.69 Å². The highest BCUT2D eigenvalue weighted by Crippen LogP contribution is 2.25. The number of aryl methyl sites for hydroxylation is 1. The molecule has 0 fully saturated rings. The lowest BCUT2D eigenvalue weighted by Crippen LogP contribution is -2.34. The van der Waals surface area contributed by atoms with Gasteiger partial charge in [-0.2, -0.15) is 0 Å². The Kier molecular flexibility index (Phi) is 3.52. The lowest BCUT2D eigenvalue weighted by atomic mass is 10.1. The van der Waals surface area contributed by atoms with Crippen LogP contribution in [-0.4, -0.2) is 19.6 Å². The van der Waals surface area contributed by atoms with E-state index in [1.807, 2.05) is 0 Å². The minimum atomic E-state index is -0.694. The van der Waals surface area contributed by atoms with Crippen LogP contribution in [0.25, 0.3) is 0 Å². The average molecular weight is 279 g/mol. The molecule has 0 radical (unpaired) electrons. The molecule has 108 valence electrons. The lowest BCUT2D eigenvalue weighted by molar-refractivity contribution is 0.344. The number of aromatic hydroxyl groups is 1. The standard InChI is InChI=1S/C13H17N3O4/c1-6(2)9-10(17)15-13(19)16(12(9)18)8(4)11-14-5-7(3)20-11/h5-6,8,18H,1-4H3,(H,15,17,19). The van der Waals surface area contributed by atoms with E-state index in [2.05, 4.69) is 9.97 Å². The smallest absolute Gasteiger partial charge is 0.331 e. The number of oxazole rings is 1. The van der Waals surface area contributed by atoms with Crippen molar-refractivity contribution in [2.24, 2.45) is 0 Å². The van der Waals surface area contributed by atoms with E-state index in [4.69, 9.17) is 4.42 Å². The van der Waals surface area contributed by atoms with Gasteiger partial charge in [0.25, 0.3) is 5.56 Å². The normalized spacial score (nSPS) is 12.8. The molecule has 2 aromatic rings. The number of aromatic nitrogens is 3. The molecule has 7 nitrogen and oxygen atoms in total. The Hall–Kier alpha value is -2.31. The molecule has 2 N–H and O–H groups in total. The van der Waals surface area contributed by atoms with Gasteiger partial charge in [0, 0.05) is 0 Å². The number of hydrogen-bond donors (Lipinski definition) is 2. The summed E-state index contributed by atoms with van der Waals surface area (Å²) in [5.41, 5.74) is -1.10. The predicted molar refractivity (Wildman–Crippen MR) is 72.1 cm³/mol. The molecule has 2 aromatic heterocycles. The van der Waals surface area contributed by atoms with Gasteiger partial charge in [0.15, 0.2) is 0 Å². The van der Waals surface area contributed by atoms with Crippen LogP contribution >= 0.6 is 0 Å². The van der Waals surface area contributed by atoms with Crippen LogP contribution in [0.5, 0.6) is 5.88 Å². The molecule has 0 aromatic carbocycles.